The van der Waals surface area contributed by atoms with E-state index in [1.165, 1.54) is 18.6 Å². The number of halogens is 1. The summed E-state index contributed by atoms with van der Waals surface area (Å²) in [4.78, 5) is 19.8. The van der Waals surface area contributed by atoms with Gasteiger partial charge in [-0.05, 0) is 18.2 Å². The minimum absolute atomic E-state index is 0.224. The highest BCUT2D eigenvalue weighted by atomic mass is 79.9. The second-order valence-electron chi connectivity index (χ2n) is 3.15. The summed E-state index contributed by atoms with van der Waals surface area (Å²) >= 11 is 3.28. The molecule has 4 nitrogen and oxygen atoms in total. The molecule has 0 bridgehead atoms. The number of hydrogen-bond donors (Lipinski definition) is 1. The van der Waals surface area contributed by atoms with Crippen LogP contribution in [-0.4, -0.2) is 15.8 Å². The van der Waals surface area contributed by atoms with Crippen molar-refractivity contribution in [1.82, 2.24) is 9.97 Å². The zero-order valence-corrected chi connectivity index (χ0v) is 9.81. The summed E-state index contributed by atoms with van der Waals surface area (Å²) in [7, 11) is 0. The Kier molecular flexibility index (Phi) is 2.96. The summed E-state index contributed by atoms with van der Waals surface area (Å²) < 4.78 is 0.834. The van der Waals surface area contributed by atoms with E-state index in [2.05, 4.69) is 25.9 Å². The molecule has 0 radical (unpaired) electrons. The largest absolute Gasteiger partial charge is 0.398 e. The van der Waals surface area contributed by atoms with Crippen LogP contribution in [0.3, 0.4) is 0 Å². The summed E-state index contributed by atoms with van der Waals surface area (Å²) in [5.41, 5.74) is 6.90. The monoisotopic (exact) mass is 277 g/mol. The van der Waals surface area contributed by atoms with Crippen LogP contribution < -0.4 is 5.73 Å². The van der Waals surface area contributed by atoms with Gasteiger partial charge in [0, 0.05) is 28.1 Å². The van der Waals surface area contributed by atoms with Gasteiger partial charge in [0.2, 0.25) is 5.78 Å². The molecule has 0 unspecified atom stereocenters. The van der Waals surface area contributed by atoms with E-state index in [0.717, 1.165) is 4.47 Å². The van der Waals surface area contributed by atoms with Gasteiger partial charge in [0.15, 0.2) is 0 Å². The van der Waals surface area contributed by atoms with Crippen LogP contribution in [0, 0.1) is 0 Å². The Labute approximate surface area is 101 Å². The Morgan fingerprint density at radius 1 is 1.31 bits per heavy atom. The first-order chi connectivity index (χ1) is 7.68. The van der Waals surface area contributed by atoms with Gasteiger partial charge in [-0.2, -0.15) is 0 Å². The topological polar surface area (TPSA) is 68.9 Å². The van der Waals surface area contributed by atoms with Crippen LogP contribution in [0.2, 0.25) is 0 Å². The molecular weight excluding hydrogens is 270 g/mol. The molecule has 2 rings (SSSR count). The minimum Gasteiger partial charge on any atom is -0.398 e. The molecule has 5 heteroatoms. The maximum absolute atomic E-state index is 12.0. The van der Waals surface area contributed by atoms with Crippen LogP contribution in [0.4, 0.5) is 5.69 Å². The molecule has 16 heavy (non-hydrogen) atoms. The average Bonchev–Trinajstić information content (AvgIpc) is 2.29. The van der Waals surface area contributed by atoms with Gasteiger partial charge >= 0.3 is 0 Å². The third-order valence-electron chi connectivity index (χ3n) is 2.05. The molecule has 0 fully saturated rings. The lowest BCUT2D eigenvalue weighted by molar-refractivity contribution is 0.103. The lowest BCUT2D eigenvalue weighted by atomic mass is 10.1. The van der Waals surface area contributed by atoms with E-state index < -0.39 is 0 Å². The van der Waals surface area contributed by atoms with Gasteiger partial charge in [0.1, 0.15) is 5.69 Å². The Balaban J connectivity index is 2.42. The molecule has 0 saturated heterocycles. The first kappa shape index (κ1) is 10.8. The number of anilines is 1. The average molecular weight is 278 g/mol. The van der Waals surface area contributed by atoms with Crippen molar-refractivity contribution in [1.29, 1.82) is 0 Å². The van der Waals surface area contributed by atoms with Gasteiger partial charge in [-0.3, -0.25) is 9.78 Å². The molecule has 1 aromatic carbocycles. The molecule has 0 aliphatic carbocycles. The summed E-state index contributed by atoms with van der Waals surface area (Å²) in [5, 5.41) is 0. The van der Waals surface area contributed by atoms with Crippen molar-refractivity contribution in [2.75, 3.05) is 5.73 Å². The van der Waals surface area contributed by atoms with Crippen molar-refractivity contribution in [3.63, 3.8) is 0 Å². The Morgan fingerprint density at radius 2 is 2.12 bits per heavy atom. The number of benzene rings is 1. The van der Waals surface area contributed by atoms with Gasteiger partial charge in [-0.1, -0.05) is 15.9 Å². The highest BCUT2D eigenvalue weighted by molar-refractivity contribution is 9.10. The third-order valence-corrected chi connectivity index (χ3v) is 2.55. The molecule has 0 aliphatic rings. The molecule has 80 valence electrons. The lowest BCUT2D eigenvalue weighted by Crippen LogP contribution is -2.07. The molecule has 1 heterocycles. The standard InChI is InChI=1S/C11H8BrN3O/c12-7-1-2-8(9(13)5-7)11(16)10-6-14-3-4-15-10/h1-6H,13H2. The predicted octanol–water partition coefficient (Wildman–Crippen LogP) is 2.05. The van der Waals surface area contributed by atoms with E-state index in [9.17, 15) is 4.79 Å². The molecule has 0 spiro atoms. The highest BCUT2D eigenvalue weighted by Gasteiger charge is 2.13. The van der Waals surface area contributed by atoms with Crippen LogP contribution in [0.25, 0.3) is 0 Å². The number of nitrogen functional groups attached to an aromatic ring is 1. The van der Waals surface area contributed by atoms with Crippen LogP contribution in [-0.2, 0) is 0 Å². The van der Waals surface area contributed by atoms with Gasteiger partial charge in [0.25, 0.3) is 0 Å². The quantitative estimate of drug-likeness (QED) is 0.674. The van der Waals surface area contributed by atoms with Crippen molar-refractivity contribution >= 4 is 27.4 Å². The van der Waals surface area contributed by atoms with Gasteiger partial charge in [-0.25, -0.2) is 4.98 Å². The van der Waals surface area contributed by atoms with E-state index in [0.29, 0.717) is 11.3 Å². The number of ketones is 1. The molecule has 2 N–H and O–H groups in total. The van der Waals surface area contributed by atoms with E-state index >= 15 is 0 Å². The van der Waals surface area contributed by atoms with Crippen molar-refractivity contribution in [3.8, 4) is 0 Å². The third kappa shape index (κ3) is 2.09. The first-order valence-corrected chi connectivity index (χ1v) is 5.33. The zero-order chi connectivity index (χ0) is 11.5. The highest BCUT2D eigenvalue weighted by Crippen LogP contribution is 2.20. The summed E-state index contributed by atoms with van der Waals surface area (Å²) in [6, 6.07) is 5.11. The second-order valence-corrected chi connectivity index (χ2v) is 4.07. The smallest absolute Gasteiger partial charge is 0.214 e. The van der Waals surface area contributed by atoms with E-state index in [1.807, 2.05) is 0 Å². The van der Waals surface area contributed by atoms with Gasteiger partial charge in [0.05, 0.1) is 6.20 Å². The van der Waals surface area contributed by atoms with E-state index in [1.54, 1.807) is 18.2 Å². The first-order valence-electron chi connectivity index (χ1n) is 4.54. The van der Waals surface area contributed by atoms with Crippen molar-refractivity contribution in [3.05, 3.63) is 52.5 Å². The van der Waals surface area contributed by atoms with Crippen LogP contribution in [0.1, 0.15) is 16.1 Å². The van der Waals surface area contributed by atoms with Crippen molar-refractivity contribution in [2.45, 2.75) is 0 Å². The summed E-state index contributed by atoms with van der Waals surface area (Å²) in [6.07, 6.45) is 4.41. The number of rotatable bonds is 2. The molecule has 0 saturated carbocycles. The van der Waals surface area contributed by atoms with Crippen LogP contribution in [0.15, 0.2) is 41.3 Å². The van der Waals surface area contributed by atoms with Crippen LogP contribution in [0.5, 0.6) is 0 Å². The van der Waals surface area contributed by atoms with Crippen LogP contribution >= 0.6 is 15.9 Å². The van der Waals surface area contributed by atoms with Gasteiger partial charge < -0.3 is 5.73 Å². The predicted molar refractivity (Wildman–Crippen MR) is 64.0 cm³/mol. The van der Waals surface area contributed by atoms with E-state index in [-0.39, 0.29) is 11.5 Å². The van der Waals surface area contributed by atoms with E-state index in [4.69, 9.17) is 5.73 Å². The Hall–Kier alpha value is -1.75. The second kappa shape index (κ2) is 4.40. The Morgan fingerprint density at radius 3 is 2.75 bits per heavy atom. The Bertz CT molecular complexity index is 528. The fraction of sp³-hybridized carbons (Fsp3) is 0. The summed E-state index contributed by atoms with van der Waals surface area (Å²) in [6.45, 7) is 0. The normalized spacial score (nSPS) is 10.1. The summed E-state index contributed by atoms with van der Waals surface area (Å²) in [5.74, 6) is -0.224. The number of aromatic nitrogens is 2. The molecule has 0 amide bonds. The van der Waals surface area contributed by atoms with Crippen molar-refractivity contribution in [2.24, 2.45) is 0 Å². The molecule has 1 aromatic heterocycles. The minimum atomic E-state index is -0.224. The number of carbonyl (C=O) groups excluding carboxylic acids is 1. The SMILES string of the molecule is Nc1cc(Br)ccc1C(=O)c1cnccn1. The molecule has 0 atom stereocenters. The zero-order valence-electron chi connectivity index (χ0n) is 8.22. The molecule has 2 aromatic rings. The lowest BCUT2D eigenvalue weighted by Gasteiger charge is -2.04. The molecule has 0 aliphatic heterocycles. The number of carbonyl (C=O) groups is 1. The number of nitrogens with zero attached hydrogens (tertiary/aromatic N) is 2. The van der Waals surface area contributed by atoms with Crippen molar-refractivity contribution < 1.29 is 4.79 Å². The number of hydrogen-bond acceptors (Lipinski definition) is 4. The molecular formula is C11H8BrN3O. The fourth-order valence-corrected chi connectivity index (χ4v) is 1.67. The number of nitrogens with two attached hydrogens (primary N) is 1. The maximum Gasteiger partial charge on any atom is 0.214 e. The van der Waals surface area contributed by atoms with Gasteiger partial charge in [-0.15, -0.1) is 0 Å². The fourth-order valence-electron chi connectivity index (χ4n) is 1.29. The maximum atomic E-state index is 12.0.